The quantitative estimate of drug-likeness (QED) is 0.338. The van der Waals surface area contributed by atoms with E-state index in [9.17, 15) is 4.79 Å². The fraction of sp³-hybridized carbons (Fsp3) is 0.450. The predicted octanol–water partition coefficient (Wildman–Crippen LogP) is 4.22. The monoisotopic (exact) mass is 419 g/mol. The smallest absolute Gasteiger partial charge is 0.310 e. The predicted molar refractivity (Wildman–Crippen MR) is 112 cm³/mol. The maximum atomic E-state index is 11.3. The molecule has 29 heavy (non-hydrogen) atoms. The largest absolute Gasteiger partial charge is 0.438 e. The summed E-state index contributed by atoms with van der Waals surface area (Å²) >= 11 is 6.48. The van der Waals surface area contributed by atoms with E-state index >= 15 is 0 Å². The number of nitrogens with one attached hydrogen (secondary N) is 2. The van der Waals surface area contributed by atoms with Gasteiger partial charge in [-0.2, -0.15) is 4.63 Å². The molecule has 2 N–H and O–H groups in total. The van der Waals surface area contributed by atoms with Gasteiger partial charge in [0, 0.05) is 16.7 Å². The first kappa shape index (κ1) is 21.1. The van der Waals surface area contributed by atoms with E-state index in [2.05, 4.69) is 41.3 Å². The van der Waals surface area contributed by atoms with Gasteiger partial charge in [-0.25, -0.2) is 4.98 Å². The van der Waals surface area contributed by atoms with Crippen molar-refractivity contribution < 1.29 is 14.3 Å². The number of carbonyl (C=O) groups excluding carboxylic acids is 1. The van der Waals surface area contributed by atoms with Crippen LogP contribution in [0.25, 0.3) is 17.0 Å². The zero-order valence-corrected chi connectivity index (χ0v) is 18.0. The third kappa shape index (κ3) is 4.89. The van der Waals surface area contributed by atoms with Crippen LogP contribution in [-0.4, -0.2) is 39.3 Å². The van der Waals surface area contributed by atoms with Crippen LogP contribution in [0.5, 0.6) is 0 Å². The van der Waals surface area contributed by atoms with Crippen molar-refractivity contribution in [1.82, 2.24) is 19.8 Å². The highest BCUT2D eigenvalue weighted by Crippen LogP contribution is 2.31. The van der Waals surface area contributed by atoms with Gasteiger partial charge >= 0.3 is 5.97 Å². The molecule has 2 heterocycles. The zero-order valence-electron chi connectivity index (χ0n) is 17.2. The molecule has 0 aliphatic heterocycles. The van der Waals surface area contributed by atoms with Crippen LogP contribution in [0.3, 0.4) is 0 Å². The number of aromatic nitrogens is 4. The van der Waals surface area contributed by atoms with E-state index < -0.39 is 0 Å². The Morgan fingerprint density at radius 3 is 2.55 bits per heavy atom. The number of nitrogens with zero attached hydrogens (tertiary/aromatic N) is 3. The number of hydrogen-bond acceptors (Lipinski definition) is 6. The topological polar surface area (TPSA) is 93.5 Å². The molecule has 0 bridgehead atoms. The normalized spacial score (nSPS) is 12.0. The lowest BCUT2D eigenvalue weighted by molar-refractivity contribution is -0.159. The van der Waals surface area contributed by atoms with E-state index in [1.165, 1.54) is 0 Å². The lowest BCUT2D eigenvalue weighted by Crippen LogP contribution is -2.16. The minimum atomic E-state index is -0.284. The molecule has 0 fully saturated rings. The Labute approximate surface area is 174 Å². The van der Waals surface area contributed by atoms with E-state index in [0.717, 1.165) is 16.9 Å². The Bertz CT molecular complexity index is 986. The summed E-state index contributed by atoms with van der Waals surface area (Å²) in [5.74, 6) is 0.132. The molecule has 8 nitrogen and oxygen atoms in total. The zero-order chi connectivity index (χ0) is 21.2. The van der Waals surface area contributed by atoms with Crippen molar-refractivity contribution in [2.75, 3.05) is 18.8 Å². The van der Waals surface area contributed by atoms with Crippen LogP contribution in [0.4, 0.5) is 5.69 Å². The number of hydrogen-bond donors (Lipinski definition) is 2. The number of benzene rings is 1. The lowest BCUT2D eigenvalue weighted by atomic mass is 9.92. The molecule has 0 aliphatic carbocycles. The van der Waals surface area contributed by atoms with E-state index in [1.54, 1.807) is 18.5 Å². The second-order valence-electron chi connectivity index (χ2n) is 8.06. The molecule has 9 heteroatoms. The van der Waals surface area contributed by atoms with E-state index in [0.29, 0.717) is 16.5 Å². The first-order chi connectivity index (χ1) is 13.7. The van der Waals surface area contributed by atoms with Gasteiger partial charge in [-0.3, -0.25) is 9.89 Å². The minimum absolute atomic E-state index is 0.0793. The Morgan fingerprint density at radius 1 is 1.28 bits per heavy atom. The van der Waals surface area contributed by atoms with E-state index in [-0.39, 0.29) is 30.8 Å². The maximum Gasteiger partial charge on any atom is 0.310 e. The van der Waals surface area contributed by atoms with Crippen molar-refractivity contribution in [2.24, 2.45) is 5.92 Å². The molecule has 0 spiro atoms. The number of halogens is 1. The number of fused-ring (bicyclic) bond motifs is 1. The molecule has 0 saturated carbocycles. The number of H-pyrrole nitrogens is 1. The fourth-order valence-corrected chi connectivity index (χ4v) is 3.05. The summed E-state index contributed by atoms with van der Waals surface area (Å²) < 4.78 is 11.8. The molecule has 1 aromatic carbocycles. The van der Waals surface area contributed by atoms with E-state index in [1.807, 2.05) is 24.3 Å². The highest BCUT2D eigenvalue weighted by atomic mass is 35.5. The van der Waals surface area contributed by atoms with Crippen LogP contribution in [0.2, 0.25) is 5.02 Å². The van der Waals surface area contributed by atoms with Gasteiger partial charge in [-0.15, -0.1) is 5.10 Å². The summed E-state index contributed by atoms with van der Waals surface area (Å²) in [6.45, 7) is 9.93. The summed E-state index contributed by atoms with van der Waals surface area (Å²) in [7, 11) is 0. The molecule has 0 amide bonds. The Hall–Kier alpha value is -2.58. The van der Waals surface area contributed by atoms with Gasteiger partial charge in [-0.1, -0.05) is 46.2 Å². The van der Waals surface area contributed by atoms with Crippen LogP contribution in [0.15, 0.2) is 24.3 Å². The van der Waals surface area contributed by atoms with Gasteiger partial charge in [0.1, 0.15) is 11.8 Å². The van der Waals surface area contributed by atoms with Crippen molar-refractivity contribution in [3.8, 4) is 11.4 Å². The summed E-state index contributed by atoms with van der Waals surface area (Å²) in [6, 6.07) is 7.62. The first-order valence-electron chi connectivity index (χ1n) is 9.40. The highest BCUT2D eigenvalue weighted by Gasteiger charge is 2.24. The van der Waals surface area contributed by atoms with Crippen molar-refractivity contribution in [1.29, 1.82) is 0 Å². The van der Waals surface area contributed by atoms with Crippen LogP contribution in [-0.2, 0) is 19.7 Å². The second-order valence-corrected chi connectivity index (χ2v) is 8.44. The number of esters is 1. The summed E-state index contributed by atoms with van der Waals surface area (Å²) in [5, 5.41) is 11.4. The standard InChI is InChI=1S/C20H26ClN5O3/c1-12(2)19(27)29-11-28-10-22-14-8-6-13(7-9-14)17-23-18-15(21)16(20(3,4)5)24-26(18)25-17/h6-9,12,22,24H,10-11H2,1-5H3. The van der Waals surface area contributed by atoms with Crippen molar-refractivity contribution >= 4 is 28.9 Å². The molecule has 0 aliphatic rings. The van der Waals surface area contributed by atoms with Crippen LogP contribution < -0.4 is 5.32 Å². The summed E-state index contributed by atoms with van der Waals surface area (Å²) in [4.78, 5) is 15.9. The van der Waals surface area contributed by atoms with E-state index in [4.69, 9.17) is 21.1 Å². The molecular formula is C20H26ClN5O3. The number of anilines is 1. The average molecular weight is 420 g/mol. The van der Waals surface area contributed by atoms with Gasteiger partial charge in [-0.05, 0) is 24.3 Å². The molecule has 3 aromatic rings. The average Bonchev–Trinajstić information content (AvgIpc) is 3.21. The molecule has 156 valence electrons. The minimum Gasteiger partial charge on any atom is -0.438 e. The fourth-order valence-electron chi connectivity index (χ4n) is 2.60. The Balaban J connectivity index is 1.59. The van der Waals surface area contributed by atoms with Crippen LogP contribution in [0, 0.1) is 5.92 Å². The SMILES string of the molecule is CC(C)C(=O)OCOCNc1ccc(-c2nc3c(Cl)c(C(C)(C)C)[nH]n3n2)cc1. The van der Waals surface area contributed by atoms with Crippen LogP contribution in [0.1, 0.15) is 40.3 Å². The van der Waals surface area contributed by atoms with Gasteiger partial charge in [0.25, 0.3) is 0 Å². The van der Waals surface area contributed by atoms with Gasteiger partial charge < -0.3 is 14.8 Å². The number of rotatable bonds is 7. The van der Waals surface area contributed by atoms with Crippen LogP contribution >= 0.6 is 11.6 Å². The third-order valence-electron chi connectivity index (χ3n) is 4.27. The second kappa shape index (κ2) is 8.42. The number of carbonyl (C=O) groups is 1. The van der Waals surface area contributed by atoms with Gasteiger partial charge in [0.15, 0.2) is 18.3 Å². The highest BCUT2D eigenvalue weighted by molar-refractivity contribution is 6.34. The summed E-state index contributed by atoms with van der Waals surface area (Å²) in [6.07, 6.45) is 0. The Morgan fingerprint density at radius 2 is 1.97 bits per heavy atom. The molecule has 0 radical (unpaired) electrons. The molecule has 3 rings (SSSR count). The molecule has 2 aromatic heterocycles. The maximum absolute atomic E-state index is 11.3. The molecule has 0 unspecified atom stereocenters. The molecular weight excluding hydrogens is 394 g/mol. The van der Waals surface area contributed by atoms with Crippen molar-refractivity contribution in [2.45, 2.75) is 40.0 Å². The number of aromatic amines is 1. The van der Waals surface area contributed by atoms with Gasteiger partial charge in [0.05, 0.1) is 11.6 Å². The Kier molecular flexibility index (Phi) is 6.14. The van der Waals surface area contributed by atoms with Crippen molar-refractivity contribution in [3.63, 3.8) is 0 Å². The molecule has 0 atom stereocenters. The summed E-state index contributed by atoms with van der Waals surface area (Å²) in [5.41, 5.74) is 3.12. The lowest BCUT2D eigenvalue weighted by Gasteiger charge is -2.16. The third-order valence-corrected chi connectivity index (χ3v) is 4.63. The first-order valence-corrected chi connectivity index (χ1v) is 9.78. The van der Waals surface area contributed by atoms with Crippen molar-refractivity contribution in [3.05, 3.63) is 35.0 Å². The number of ether oxygens (including phenoxy) is 2. The molecule has 0 saturated heterocycles. The van der Waals surface area contributed by atoms with Gasteiger partial charge in [0.2, 0.25) is 0 Å².